The highest BCUT2D eigenvalue weighted by Gasteiger charge is 2.43. The summed E-state index contributed by atoms with van der Waals surface area (Å²) in [4.78, 5) is 27.7. The molecule has 66 heavy (non-hydrogen) atoms. The number of aliphatic carboxylic acids is 2. The topological polar surface area (TPSA) is 208 Å². The minimum Gasteiger partial charge on any atom is -0.508 e. The molecule has 2 aliphatic rings. The largest absolute Gasteiger partial charge is 0.508 e. The second kappa shape index (κ2) is 22.3. The summed E-state index contributed by atoms with van der Waals surface area (Å²) in [5, 5.41) is 37.7. The summed E-state index contributed by atoms with van der Waals surface area (Å²) in [5.41, 5.74) is 1.75. The molecule has 0 amide bonds. The smallest absolute Gasteiger partial charge is 0.341 e. The summed E-state index contributed by atoms with van der Waals surface area (Å²) < 4.78 is 65.7. The van der Waals surface area contributed by atoms with Gasteiger partial charge in [0.2, 0.25) is 0 Å². The maximum atomic E-state index is 13.7. The Morgan fingerprint density at radius 3 is 1.24 bits per heavy atom. The number of fused-ring (bicyclic) bond motifs is 2. The second-order valence-electron chi connectivity index (χ2n) is 16.9. The van der Waals surface area contributed by atoms with Crippen molar-refractivity contribution in [3.05, 3.63) is 72.8 Å². The number of rotatable bonds is 18. The number of unbranched alkanes of at least 4 members (excludes halogenated alkanes) is 2. The van der Waals surface area contributed by atoms with Crippen LogP contribution in [0.3, 0.4) is 0 Å². The molecular weight excluding hydrogens is 925 g/mol. The fraction of sp³-hybridized carbons (Fsp3) is 0.458. The number of benzene rings is 4. The van der Waals surface area contributed by atoms with Crippen molar-refractivity contribution >= 4 is 77.9 Å². The molecule has 6 rings (SSSR count). The summed E-state index contributed by atoms with van der Waals surface area (Å²) in [6.45, 7) is 8.19. The maximum absolute atomic E-state index is 13.7. The van der Waals surface area contributed by atoms with Gasteiger partial charge in [-0.3, -0.25) is 0 Å². The highest BCUT2D eigenvalue weighted by molar-refractivity contribution is 7.99. The van der Waals surface area contributed by atoms with E-state index < -0.39 is 55.7 Å². The number of carboxylic acid groups (broad SMARTS) is 2. The molecule has 4 aromatic rings. The van der Waals surface area contributed by atoms with Gasteiger partial charge in [0.25, 0.3) is 0 Å². The lowest BCUT2D eigenvalue weighted by molar-refractivity contribution is -0.140. The fourth-order valence-corrected chi connectivity index (χ4v) is 14.1. The van der Waals surface area contributed by atoms with Crippen LogP contribution < -0.4 is 19.3 Å². The normalized spacial score (nSPS) is 19.5. The number of phenols is 2. The lowest BCUT2D eigenvalue weighted by Gasteiger charge is -2.36. The van der Waals surface area contributed by atoms with E-state index in [1.165, 1.54) is 35.7 Å². The van der Waals surface area contributed by atoms with Crippen LogP contribution in [0.5, 0.6) is 23.0 Å². The average Bonchev–Trinajstić information content (AvgIpc) is 3.45. The van der Waals surface area contributed by atoms with Crippen molar-refractivity contribution in [2.45, 2.75) is 98.6 Å². The van der Waals surface area contributed by atoms with E-state index in [1.807, 2.05) is 36.2 Å². The van der Waals surface area contributed by atoms with Gasteiger partial charge in [0.05, 0.1) is 42.5 Å². The van der Waals surface area contributed by atoms with Crippen molar-refractivity contribution in [1.82, 2.24) is 0 Å². The van der Waals surface area contributed by atoms with Crippen LogP contribution in [0.15, 0.2) is 92.4 Å². The number of anilines is 4. The van der Waals surface area contributed by atoms with Crippen LogP contribution in [0.1, 0.15) is 79.1 Å². The van der Waals surface area contributed by atoms with E-state index in [-0.39, 0.29) is 44.3 Å². The Kier molecular flexibility index (Phi) is 17.7. The number of ether oxygens (including phenoxy) is 2. The van der Waals surface area contributed by atoms with Gasteiger partial charge in [-0.05, 0) is 98.9 Å². The molecule has 0 aliphatic carbocycles. The Balaban J connectivity index is 0.000000247. The van der Waals surface area contributed by atoms with E-state index in [0.717, 1.165) is 49.9 Å². The monoisotopic (exact) mass is 986 g/mol. The number of aromatic hydroxyl groups is 2. The van der Waals surface area contributed by atoms with Crippen molar-refractivity contribution < 1.29 is 56.3 Å². The molecule has 360 valence electrons. The zero-order chi connectivity index (χ0) is 48.5. The zero-order valence-electron chi connectivity index (χ0n) is 38.4. The van der Waals surface area contributed by atoms with E-state index in [0.29, 0.717) is 47.1 Å². The predicted molar refractivity (Wildman–Crippen MR) is 262 cm³/mol. The molecule has 2 aliphatic heterocycles. The molecule has 4 N–H and O–H groups in total. The summed E-state index contributed by atoms with van der Waals surface area (Å²) in [5.74, 6) is -1.48. The van der Waals surface area contributed by atoms with Crippen LogP contribution in [0.2, 0.25) is 0 Å². The first-order chi connectivity index (χ1) is 31.3. The Bertz CT molecular complexity index is 2380. The van der Waals surface area contributed by atoms with Gasteiger partial charge in [0, 0.05) is 47.4 Å². The fourth-order valence-electron chi connectivity index (χ4n) is 8.61. The number of hydrogen-bond acceptors (Lipinski definition) is 14. The van der Waals surface area contributed by atoms with E-state index in [1.54, 1.807) is 60.7 Å². The van der Waals surface area contributed by atoms with Gasteiger partial charge in [-0.25, -0.2) is 26.4 Å². The number of phenolic OH excluding ortho intramolecular Hbond substituents is 2. The third-order valence-electron chi connectivity index (χ3n) is 12.4. The molecule has 4 aromatic carbocycles. The van der Waals surface area contributed by atoms with Crippen molar-refractivity contribution in [2.75, 3.05) is 60.1 Å². The molecule has 0 aromatic heterocycles. The maximum Gasteiger partial charge on any atom is 0.341 e. The predicted octanol–water partition coefficient (Wildman–Crippen LogP) is 10.2. The van der Waals surface area contributed by atoms with Crippen LogP contribution in [0, 0.1) is 10.8 Å². The van der Waals surface area contributed by atoms with E-state index in [9.17, 15) is 36.6 Å². The second-order valence-corrected chi connectivity index (χ2v) is 22.6. The van der Waals surface area contributed by atoms with E-state index in [4.69, 9.17) is 19.7 Å². The number of sulfone groups is 2. The number of thioether (sulfide) groups is 2. The number of carbonyl (C=O) groups is 2. The van der Waals surface area contributed by atoms with Crippen molar-refractivity contribution in [3.8, 4) is 23.0 Å². The number of hydrogen-bond donors (Lipinski definition) is 4. The lowest BCUT2D eigenvalue weighted by atomic mass is 9.81. The molecule has 2 heterocycles. The molecule has 0 saturated carbocycles. The van der Waals surface area contributed by atoms with Crippen molar-refractivity contribution in [1.29, 1.82) is 0 Å². The Hall–Kier alpha value is -4.78. The van der Waals surface area contributed by atoms with Gasteiger partial charge in [0.1, 0.15) is 23.0 Å². The minimum absolute atomic E-state index is 0.00900. The molecule has 0 bridgehead atoms. The summed E-state index contributed by atoms with van der Waals surface area (Å²) in [7, 11) is -7.38. The van der Waals surface area contributed by atoms with Crippen molar-refractivity contribution in [2.24, 2.45) is 10.8 Å². The quantitative estimate of drug-likeness (QED) is 0.0684. The molecular formula is C48H62N2O12S4. The first-order valence-corrected chi connectivity index (χ1v) is 27.8. The van der Waals surface area contributed by atoms with Crippen LogP contribution >= 0.6 is 23.5 Å². The van der Waals surface area contributed by atoms with Crippen molar-refractivity contribution in [3.63, 3.8) is 0 Å². The number of carboxylic acids is 2. The van der Waals surface area contributed by atoms with E-state index in [2.05, 4.69) is 13.8 Å². The molecule has 2 atom stereocenters. The van der Waals surface area contributed by atoms with Gasteiger partial charge >= 0.3 is 11.9 Å². The van der Waals surface area contributed by atoms with Crippen LogP contribution in [0.25, 0.3) is 0 Å². The zero-order valence-corrected chi connectivity index (χ0v) is 41.7. The highest BCUT2D eigenvalue weighted by Crippen LogP contribution is 2.49. The standard InChI is InChI=1S/2C24H31NO6S2/c2*1-4-6-11-24(5-2)15-25(17-7-9-18(26)10-8-17)19-12-21(32-3)20(31-14-23(27)28)13-22(19)33(29,30)16-24/h2*7-10,12-13,26H,4-6,11,14-16H2,1-3H3,(H,27,28)/t2*24-/m10/s1. The molecule has 0 spiro atoms. The third-order valence-corrected chi connectivity index (χ3v) is 17.9. The first-order valence-electron chi connectivity index (χ1n) is 22.0. The Morgan fingerprint density at radius 1 is 0.606 bits per heavy atom. The SMILES string of the molecule is CCCC[C@@]1(CC)CN(c2ccc(O)cc2)c2cc(SC)c(OCC(=O)O)cc2S(=O)(=O)C1.CCCC[C@]1(CC)CN(c2ccc(O)cc2)c2cc(SC)c(OCC(=O)O)cc2S(=O)(=O)C1. The summed E-state index contributed by atoms with van der Waals surface area (Å²) in [6.07, 6.45) is 10.4. The molecule has 0 fully saturated rings. The molecule has 0 saturated heterocycles. The van der Waals surface area contributed by atoms with Crippen LogP contribution in [0.4, 0.5) is 22.7 Å². The Labute approximate surface area is 397 Å². The Morgan fingerprint density at radius 2 is 0.955 bits per heavy atom. The van der Waals surface area contributed by atoms with Gasteiger partial charge in [0.15, 0.2) is 32.9 Å². The number of nitrogens with zero attached hydrogens (tertiary/aromatic N) is 2. The average molecular weight is 987 g/mol. The third kappa shape index (κ3) is 12.4. The van der Waals surface area contributed by atoms with Crippen LogP contribution in [-0.4, -0.2) is 99.5 Å². The highest BCUT2D eigenvalue weighted by atomic mass is 32.2. The van der Waals surface area contributed by atoms with Gasteiger partial charge in [-0.2, -0.15) is 0 Å². The summed E-state index contributed by atoms with van der Waals surface area (Å²) >= 11 is 2.73. The van der Waals surface area contributed by atoms with Crippen LogP contribution in [-0.2, 0) is 29.3 Å². The van der Waals surface area contributed by atoms with Gasteiger partial charge in [-0.1, -0.05) is 53.4 Å². The summed E-state index contributed by atoms with van der Waals surface area (Å²) in [6, 6.07) is 20.0. The van der Waals surface area contributed by atoms with Gasteiger partial charge < -0.3 is 39.7 Å². The van der Waals surface area contributed by atoms with Gasteiger partial charge in [-0.15, -0.1) is 23.5 Å². The van der Waals surface area contributed by atoms with E-state index >= 15 is 0 Å². The molecule has 14 nitrogen and oxygen atoms in total. The molecule has 18 heteroatoms. The first kappa shape index (κ1) is 52.2. The molecule has 0 radical (unpaired) electrons. The lowest BCUT2D eigenvalue weighted by Crippen LogP contribution is -2.37. The molecule has 0 unspecified atom stereocenters. The minimum atomic E-state index is -3.69.